The van der Waals surface area contributed by atoms with Crippen LogP contribution in [0.4, 0.5) is 22.7 Å². The number of non-ortho nitro benzene ring substituents is 1. The van der Waals surface area contributed by atoms with Gasteiger partial charge in [0.05, 0.1) is 60.4 Å². The summed E-state index contributed by atoms with van der Waals surface area (Å²) in [6.07, 6.45) is 3.13. The standard InChI is InChI=1S/C29H28N2O2.C24H22N2O3.C22H17N3O3/c1-4-5-6-8-12-21-13-11-16-23(17-21)29-25-18-24(22-14-9-7-10-15-22)27(33-3)19-26(25)31(2)28(32)20-30-29;1-26-20-11-9-17(16-7-5-4-6-8-16)13-19(20)24(25-15-23(26)27)18-10-12-21(28-2)22(14-18)29-3;1-24-20-11-10-16(15-6-3-2-4-7-15)13-19(20)22(23-14-21(24)26)17-8-5-9-18(12-17)25(27)28/h7,9-11,13-19H,4-6,20H2,1-3H3;4-14H,15H2,1-3H3;2-13H,14H2,1H3. The Morgan fingerprint density at radius 1 is 0.433 bits per heavy atom. The summed E-state index contributed by atoms with van der Waals surface area (Å²) < 4.78 is 16.5. The number of hydrogen-bond acceptors (Lipinski definition) is 11. The van der Waals surface area contributed by atoms with Crippen molar-refractivity contribution in [3.63, 3.8) is 0 Å². The maximum absolute atomic E-state index is 12.7. The molecule has 3 aliphatic heterocycles. The van der Waals surface area contributed by atoms with Gasteiger partial charge in [0.1, 0.15) is 25.4 Å². The summed E-state index contributed by atoms with van der Waals surface area (Å²) in [7, 11) is 10.2. The zero-order chi connectivity index (χ0) is 63.3. The van der Waals surface area contributed by atoms with Gasteiger partial charge in [0, 0.05) is 90.3 Å². The molecular weight excluding hydrogens is 1130 g/mol. The third kappa shape index (κ3) is 13.8. The first-order valence-electron chi connectivity index (χ1n) is 29.5. The monoisotopic (exact) mass is 1190 g/mol. The van der Waals surface area contributed by atoms with Crippen molar-refractivity contribution in [3.8, 4) is 62.5 Å². The van der Waals surface area contributed by atoms with Crippen LogP contribution in [-0.2, 0) is 14.4 Å². The van der Waals surface area contributed by atoms with Crippen molar-refractivity contribution in [2.75, 3.05) is 76.8 Å². The molecule has 0 spiro atoms. The molecule has 3 aliphatic rings. The van der Waals surface area contributed by atoms with Crippen molar-refractivity contribution in [1.82, 2.24) is 0 Å². The predicted octanol–water partition coefficient (Wildman–Crippen LogP) is 14.0. The Bertz CT molecular complexity index is 4320. The topological polar surface area (TPSA) is 169 Å². The molecule has 15 heteroatoms. The fraction of sp³-hybridized carbons (Fsp3) is 0.173. The van der Waals surface area contributed by atoms with Gasteiger partial charge < -0.3 is 28.9 Å². The second kappa shape index (κ2) is 28.5. The molecule has 0 radical (unpaired) electrons. The third-order valence-electron chi connectivity index (χ3n) is 15.7. The average Bonchev–Trinajstić information content (AvgIpc) is 2.57. The van der Waals surface area contributed by atoms with Crippen LogP contribution in [0, 0.1) is 22.0 Å². The number of carbonyl (C=O) groups is 3. The Balaban J connectivity index is 0.000000149. The quantitative estimate of drug-likeness (QED) is 0.0504. The Kier molecular flexibility index (Phi) is 19.6. The second-order valence-corrected chi connectivity index (χ2v) is 21.3. The number of methoxy groups -OCH3 is 3. The number of anilines is 3. The number of ether oxygens (including phenoxy) is 3. The number of benzodiazepines with no additional fused rings is 3. The number of amides is 3. The second-order valence-electron chi connectivity index (χ2n) is 21.3. The van der Waals surface area contributed by atoms with E-state index in [1.54, 1.807) is 69.3 Å². The van der Waals surface area contributed by atoms with Crippen molar-refractivity contribution in [3.05, 3.63) is 255 Å². The molecule has 0 saturated heterocycles. The van der Waals surface area contributed by atoms with Gasteiger partial charge in [-0.15, -0.1) is 0 Å². The molecule has 0 fully saturated rings. The van der Waals surface area contributed by atoms with E-state index in [0.29, 0.717) is 22.8 Å². The van der Waals surface area contributed by atoms with Crippen LogP contribution in [0.25, 0.3) is 33.4 Å². The molecule has 0 saturated carbocycles. The molecule has 450 valence electrons. The molecule has 9 aromatic carbocycles. The number of benzene rings is 9. The van der Waals surface area contributed by atoms with Crippen LogP contribution in [0.15, 0.2) is 221 Å². The van der Waals surface area contributed by atoms with Crippen molar-refractivity contribution >= 4 is 57.6 Å². The van der Waals surface area contributed by atoms with E-state index in [1.807, 2.05) is 140 Å². The molecular formula is C75H67N7O8. The van der Waals surface area contributed by atoms with E-state index >= 15 is 0 Å². The van der Waals surface area contributed by atoms with Gasteiger partial charge in [0.2, 0.25) is 17.7 Å². The zero-order valence-electron chi connectivity index (χ0n) is 51.3. The predicted molar refractivity (Wildman–Crippen MR) is 359 cm³/mol. The summed E-state index contributed by atoms with van der Waals surface area (Å²) in [6.45, 7) is 2.34. The Labute approximate surface area is 524 Å². The van der Waals surface area contributed by atoms with E-state index in [2.05, 4.69) is 71.2 Å². The zero-order valence-corrected chi connectivity index (χ0v) is 51.3. The summed E-state index contributed by atoms with van der Waals surface area (Å²) >= 11 is 0. The first kappa shape index (κ1) is 61.8. The Hall–Kier alpha value is -11.2. The molecule has 0 N–H and O–H groups in total. The van der Waals surface area contributed by atoms with Crippen molar-refractivity contribution < 1.29 is 33.5 Å². The number of fused-ring (bicyclic) bond motifs is 3. The number of unbranched alkanes of at least 4 members (excludes halogenated alkanes) is 2. The summed E-state index contributed by atoms with van der Waals surface area (Å²) in [6, 6.07) is 66.3. The van der Waals surface area contributed by atoms with Crippen LogP contribution in [0.5, 0.6) is 17.2 Å². The molecule has 12 rings (SSSR count). The number of rotatable bonds is 12. The van der Waals surface area contributed by atoms with Gasteiger partial charge in [-0.05, 0) is 94.9 Å². The van der Waals surface area contributed by atoms with Gasteiger partial charge >= 0.3 is 0 Å². The van der Waals surface area contributed by atoms with Crippen LogP contribution in [0.1, 0.15) is 65.1 Å². The Morgan fingerprint density at radius 3 is 1.38 bits per heavy atom. The molecule has 0 aliphatic carbocycles. The highest BCUT2D eigenvalue weighted by atomic mass is 16.6. The van der Waals surface area contributed by atoms with E-state index in [1.165, 1.54) is 12.1 Å². The maximum Gasteiger partial charge on any atom is 0.270 e. The third-order valence-corrected chi connectivity index (χ3v) is 15.7. The first-order chi connectivity index (χ1) is 43.8. The lowest BCUT2D eigenvalue weighted by Crippen LogP contribution is -2.27. The minimum Gasteiger partial charge on any atom is -0.496 e. The van der Waals surface area contributed by atoms with Gasteiger partial charge in [-0.3, -0.25) is 39.5 Å². The summed E-state index contributed by atoms with van der Waals surface area (Å²) in [5.41, 5.74) is 16.7. The SMILES string of the molecule is CCCCC#Cc1cccc(C2=NCC(=O)N(C)c3cc(OC)c(-c4ccccc4)cc32)c1.CN1C(=O)CN=C(c2cccc([N+](=O)[O-])c2)c2cc(-c3ccccc3)ccc21.COc1ccc(C2=NCC(=O)N(C)c3ccc(-c4ccccc4)cc32)cc1OC. The molecule has 3 amide bonds. The fourth-order valence-corrected chi connectivity index (χ4v) is 10.8. The number of aliphatic imine (C=N–C) groups is 3. The van der Waals surface area contributed by atoms with Crippen molar-refractivity contribution in [2.45, 2.75) is 26.2 Å². The first-order valence-corrected chi connectivity index (χ1v) is 29.5. The molecule has 15 nitrogen and oxygen atoms in total. The molecule has 0 bridgehead atoms. The lowest BCUT2D eigenvalue weighted by molar-refractivity contribution is -0.384. The van der Waals surface area contributed by atoms with E-state index in [-0.39, 0.29) is 43.0 Å². The molecule has 90 heavy (non-hydrogen) atoms. The van der Waals surface area contributed by atoms with Crippen LogP contribution in [0.2, 0.25) is 0 Å². The number of likely N-dealkylation sites (N-methyl/N-ethyl adjacent to an activating group) is 3. The Morgan fingerprint density at radius 2 is 0.878 bits per heavy atom. The van der Waals surface area contributed by atoms with Crippen LogP contribution in [-0.4, -0.2) is 102 Å². The fourth-order valence-electron chi connectivity index (χ4n) is 10.8. The van der Waals surface area contributed by atoms with Gasteiger partial charge in [-0.1, -0.05) is 153 Å². The van der Waals surface area contributed by atoms with E-state index in [9.17, 15) is 24.5 Å². The number of carbonyl (C=O) groups excluding carboxylic acids is 3. The summed E-state index contributed by atoms with van der Waals surface area (Å²) in [4.78, 5) is 67.2. The number of nitro groups is 1. The highest BCUT2D eigenvalue weighted by molar-refractivity contribution is 6.22. The van der Waals surface area contributed by atoms with Gasteiger partial charge in [0.15, 0.2) is 11.5 Å². The highest BCUT2D eigenvalue weighted by Crippen LogP contribution is 2.40. The lowest BCUT2D eigenvalue weighted by Gasteiger charge is -2.21. The van der Waals surface area contributed by atoms with Crippen LogP contribution < -0.4 is 28.9 Å². The number of hydrogen-bond donors (Lipinski definition) is 0. The van der Waals surface area contributed by atoms with Crippen LogP contribution in [0.3, 0.4) is 0 Å². The maximum atomic E-state index is 12.7. The normalized spacial score (nSPS) is 13.3. The lowest BCUT2D eigenvalue weighted by atomic mass is 9.94. The molecule has 0 aromatic heterocycles. The largest absolute Gasteiger partial charge is 0.496 e. The highest BCUT2D eigenvalue weighted by Gasteiger charge is 2.28. The molecule has 0 atom stereocenters. The van der Waals surface area contributed by atoms with E-state index in [4.69, 9.17) is 19.2 Å². The summed E-state index contributed by atoms with van der Waals surface area (Å²) in [5, 5.41) is 11.2. The van der Waals surface area contributed by atoms with Gasteiger partial charge in [0.25, 0.3) is 5.69 Å². The van der Waals surface area contributed by atoms with Gasteiger partial charge in [-0.2, -0.15) is 0 Å². The number of nitro benzene ring substituents is 1. The minimum atomic E-state index is -0.431. The smallest absolute Gasteiger partial charge is 0.270 e. The van der Waals surface area contributed by atoms with Gasteiger partial charge in [-0.25, -0.2) is 0 Å². The minimum absolute atomic E-state index is 0.00936. The molecule has 0 unspecified atom stereocenters. The molecule has 3 heterocycles. The van der Waals surface area contributed by atoms with E-state index < -0.39 is 4.92 Å². The van der Waals surface area contributed by atoms with E-state index in [0.717, 1.165) is 120 Å². The van der Waals surface area contributed by atoms with Crippen molar-refractivity contribution in [2.24, 2.45) is 15.0 Å². The van der Waals surface area contributed by atoms with Crippen molar-refractivity contribution in [1.29, 1.82) is 0 Å². The summed E-state index contributed by atoms with van der Waals surface area (Å²) in [5.74, 6) is 8.28. The van der Waals surface area contributed by atoms with Crippen LogP contribution >= 0.6 is 0 Å². The molecule has 9 aromatic rings. The number of nitrogens with zero attached hydrogens (tertiary/aromatic N) is 7. The average molecular weight is 1190 g/mol.